The molecule has 2 fully saturated rings. The molecule has 0 unspecified atom stereocenters. The number of aromatic nitrogens is 1. The predicted molar refractivity (Wildman–Crippen MR) is 120 cm³/mol. The second-order valence-corrected chi connectivity index (χ2v) is 8.82. The molecule has 2 aliphatic rings. The number of carbonyl (C=O) groups excluding carboxylic acids is 2. The summed E-state index contributed by atoms with van der Waals surface area (Å²) < 4.78 is 0. The first kappa shape index (κ1) is 19.5. The van der Waals surface area contributed by atoms with Crippen molar-refractivity contribution >= 4 is 22.7 Å². The number of para-hydroxylation sites is 1. The van der Waals surface area contributed by atoms with Gasteiger partial charge in [0, 0.05) is 48.2 Å². The predicted octanol–water partition coefficient (Wildman–Crippen LogP) is 3.28. The number of hydrogen-bond donors (Lipinski definition) is 1. The third-order valence-electron chi connectivity index (χ3n) is 6.57. The van der Waals surface area contributed by atoms with Gasteiger partial charge in [-0.1, -0.05) is 37.3 Å². The summed E-state index contributed by atoms with van der Waals surface area (Å²) in [5.74, 6) is 0.188. The van der Waals surface area contributed by atoms with E-state index < -0.39 is 0 Å². The Labute approximate surface area is 180 Å². The first-order chi connectivity index (χ1) is 14.9. The molecule has 3 aromatic rings. The van der Waals surface area contributed by atoms with Crippen molar-refractivity contribution in [3.05, 3.63) is 70.5 Å². The van der Waals surface area contributed by atoms with E-state index in [0.717, 1.165) is 29.3 Å². The van der Waals surface area contributed by atoms with Crippen LogP contribution in [0, 0.1) is 5.41 Å². The standard InChI is InChI=1S/C25H25N3O3/c1-25(10-11-25)24(31)28-14-12-27(13-15-28)23(30)18-8-6-17(7-9-18)20-16-19-4-2-3-5-21(19)26-22(20)29/h2-9,16H,10-15H2,1H3,(H,26,29). The molecule has 1 aliphatic carbocycles. The van der Waals surface area contributed by atoms with E-state index in [2.05, 4.69) is 4.98 Å². The van der Waals surface area contributed by atoms with E-state index in [0.29, 0.717) is 37.3 Å². The van der Waals surface area contributed by atoms with Crippen LogP contribution in [0.4, 0.5) is 0 Å². The first-order valence-electron chi connectivity index (χ1n) is 10.8. The lowest BCUT2D eigenvalue weighted by Gasteiger charge is -2.36. The van der Waals surface area contributed by atoms with Crippen LogP contribution in [0.5, 0.6) is 0 Å². The van der Waals surface area contributed by atoms with Crippen LogP contribution in [-0.4, -0.2) is 52.8 Å². The van der Waals surface area contributed by atoms with E-state index in [9.17, 15) is 14.4 Å². The highest BCUT2D eigenvalue weighted by Gasteiger charge is 2.47. The maximum Gasteiger partial charge on any atom is 0.256 e. The lowest BCUT2D eigenvalue weighted by Crippen LogP contribution is -2.52. The SMILES string of the molecule is CC1(C(=O)N2CCN(C(=O)c3ccc(-c4cc5ccccc5[nH]c4=O)cc3)CC2)CC1. The summed E-state index contributed by atoms with van der Waals surface area (Å²) in [4.78, 5) is 44.5. The maximum atomic E-state index is 12.9. The molecule has 5 rings (SSSR count). The van der Waals surface area contributed by atoms with E-state index in [1.807, 2.05) is 54.3 Å². The largest absolute Gasteiger partial charge is 0.339 e. The van der Waals surface area contributed by atoms with Gasteiger partial charge in [-0.2, -0.15) is 0 Å². The van der Waals surface area contributed by atoms with E-state index in [-0.39, 0.29) is 22.8 Å². The van der Waals surface area contributed by atoms with Crippen LogP contribution in [-0.2, 0) is 4.79 Å². The number of rotatable bonds is 3. The summed E-state index contributed by atoms with van der Waals surface area (Å²) >= 11 is 0. The van der Waals surface area contributed by atoms with Crippen molar-refractivity contribution in [1.29, 1.82) is 0 Å². The number of nitrogens with one attached hydrogen (secondary N) is 1. The first-order valence-corrected chi connectivity index (χ1v) is 10.8. The highest BCUT2D eigenvalue weighted by atomic mass is 16.2. The number of amides is 2. The summed E-state index contributed by atoms with van der Waals surface area (Å²) in [6, 6.07) is 16.7. The summed E-state index contributed by atoms with van der Waals surface area (Å²) in [5.41, 5.74) is 2.44. The van der Waals surface area contributed by atoms with E-state index >= 15 is 0 Å². The Morgan fingerprint density at radius 1 is 0.903 bits per heavy atom. The fraction of sp³-hybridized carbons (Fsp3) is 0.320. The Morgan fingerprint density at radius 3 is 2.23 bits per heavy atom. The van der Waals surface area contributed by atoms with Crippen LogP contribution >= 0.6 is 0 Å². The number of aromatic amines is 1. The zero-order valence-corrected chi connectivity index (χ0v) is 17.6. The molecule has 1 saturated carbocycles. The third-order valence-corrected chi connectivity index (χ3v) is 6.57. The zero-order chi connectivity index (χ0) is 21.6. The summed E-state index contributed by atoms with van der Waals surface area (Å²) in [6.45, 7) is 4.30. The second-order valence-electron chi connectivity index (χ2n) is 8.82. The van der Waals surface area contributed by atoms with Gasteiger partial charge < -0.3 is 14.8 Å². The van der Waals surface area contributed by atoms with Gasteiger partial charge in [0.2, 0.25) is 5.91 Å². The fourth-order valence-electron chi connectivity index (χ4n) is 4.23. The lowest BCUT2D eigenvalue weighted by molar-refractivity contribution is -0.137. The summed E-state index contributed by atoms with van der Waals surface area (Å²) in [6.07, 6.45) is 1.94. The lowest BCUT2D eigenvalue weighted by atomic mass is 10.0. The minimum Gasteiger partial charge on any atom is -0.339 e. The van der Waals surface area contributed by atoms with Crippen LogP contribution < -0.4 is 5.56 Å². The smallest absolute Gasteiger partial charge is 0.256 e. The molecular weight excluding hydrogens is 390 g/mol. The topological polar surface area (TPSA) is 73.5 Å². The molecular formula is C25H25N3O3. The molecule has 0 spiro atoms. The summed E-state index contributed by atoms with van der Waals surface area (Å²) in [5, 5.41) is 0.963. The van der Waals surface area contributed by atoms with Crippen LogP contribution in [0.2, 0.25) is 0 Å². The second kappa shape index (κ2) is 7.38. The third kappa shape index (κ3) is 3.63. The molecule has 0 radical (unpaired) electrons. The zero-order valence-electron chi connectivity index (χ0n) is 17.6. The number of benzene rings is 2. The Kier molecular flexibility index (Phi) is 4.65. The number of carbonyl (C=O) groups is 2. The Hall–Kier alpha value is -3.41. The van der Waals surface area contributed by atoms with Gasteiger partial charge in [-0.25, -0.2) is 0 Å². The van der Waals surface area contributed by atoms with Crippen molar-refractivity contribution in [3.63, 3.8) is 0 Å². The Balaban J connectivity index is 1.29. The van der Waals surface area contributed by atoms with Gasteiger partial charge in [-0.3, -0.25) is 14.4 Å². The monoisotopic (exact) mass is 415 g/mol. The molecule has 6 nitrogen and oxygen atoms in total. The molecule has 2 aromatic carbocycles. The molecule has 2 heterocycles. The molecule has 31 heavy (non-hydrogen) atoms. The number of nitrogens with zero attached hydrogens (tertiary/aromatic N) is 2. The maximum absolute atomic E-state index is 12.9. The molecule has 0 bridgehead atoms. The Morgan fingerprint density at radius 2 is 1.55 bits per heavy atom. The van der Waals surface area contributed by atoms with Gasteiger partial charge in [0.1, 0.15) is 0 Å². The van der Waals surface area contributed by atoms with Crippen LogP contribution in [0.3, 0.4) is 0 Å². The van der Waals surface area contributed by atoms with Crippen molar-refractivity contribution in [3.8, 4) is 11.1 Å². The van der Waals surface area contributed by atoms with Gasteiger partial charge in [-0.05, 0) is 48.1 Å². The van der Waals surface area contributed by atoms with Crippen molar-refractivity contribution in [1.82, 2.24) is 14.8 Å². The molecule has 158 valence electrons. The van der Waals surface area contributed by atoms with Crippen molar-refractivity contribution in [2.45, 2.75) is 19.8 Å². The quantitative estimate of drug-likeness (QED) is 0.714. The fourth-order valence-corrected chi connectivity index (χ4v) is 4.23. The van der Waals surface area contributed by atoms with Crippen LogP contribution in [0.1, 0.15) is 30.1 Å². The number of piperazine rings is 1. The van der Waals surface area contributed by atoms with E-state index in [4.69, 9.17) is 0 Å². The minimum atomic E-state index is -0.164. The Bertz CT molecular complexity index is 1220. The van der Waals surface area contributed by atoms with Crippen molar-refractivity contribution in [2.24, 2.45) is 5.41 Å². The normalized spacial score (nSPS) is 17.6. The molecule has 1 aliphatic heterocycles. The highest BCUT2D eigenvalue weighted by molar-refractivity contribution is 5.95. The van der Waals surface area contributed by atoms with E-state index in [1.54, 1.807) is 17.0 Å². The van der Waals surface area contributed by atoms with Gasteiger partial charge in [0.05, 0.1) is 0 Å². The average molecular weight is 415 g/mol. The summed E-state index contributed by atoms with van der Waals surface area (Å²) in [7, 11) is 0. The number of hydrogen-bond acceptors (Lipinski definition) is 3. The van der Waals surface area contributed by atoms with E-state index in [1.165, 1.54) is 0 Å². The van der Waals surface area contributed by atoms with Crippen LogP contribution in [0.15, 0.2) is 59.4 Å². The van der Waals surface area contributed by atoms with Gasteiger partial charge in [0.25, 0.3) is 11.5 Å². The average Bonchev–Trinajstić information content (AvgIpc) is 3.56. The molecule has 0 atom stereocenters. The van der Waals surface area contributed by atoms with Crippen LogP contribution in [0.25, 0.3) is 22.0 Å². The van der Waals surface area contributed by atoms with Crippen molar-refractivity contribution in [2.75, 3.05) is 26.2 Å². The minimum absolute atomic E-state index is 0.0382. The number of H-pyrrole nitrogens is 1. The number of fused-ring (bicyclic) bond motifs is 1. The molecule has 2 amide bonds. The highest BCUT2D eigenvalue weighted by Crippen LogP contribution is 2.46. The molecule has 1 aromatic heterocycles. The number of pyridine rings is 1. The van der Waals surface area contributed by atoms with Gasteiger partial charge >= 0.3 is 0 Å². The molecule has 1 saturated heterocycles. The molecule has 1 N–H and O–H groups in total. The van der Waals surface area contributed by atoms with Gasteiger partial charge in [-0.15, -0.1) is 0 Å². The van der Waals surface area contributed by atoms with Gasteiger partial charge in [0.15, 0.2) is 0 Å². The van der Waals surface area contributed by atoms with Crippen molar-refractivity contribution < 1.29 is 9.59 Å². The molecule has 6 heteroatoms.